The van der Waals surface area contributed by atoms with Crippen LogP contribution in [0.2, 0.25) is 0 Å². The van der Waals surface area contributed by atoms with E-state index in [-0.39, 0.29) is 5.92 Å². The molecule has 1 aliphatic rings. The van der Waals surface area contributed by atoms with E-state index in [9.17, 15) is 9.00 Å². The summed E-state index contributed by atoms with van der Waals surface area (Å²) in [6.45, 7) is 2.02. The average Bonchev–Trinajstić information content (AvgIpc) is 2.38. The van der Waals surface area contributed by atoms with Gasteiger partial charge in [0, 0.05) is 23.0 Å². The minimum Gasteiger partial charge on any atom is -0.299 e. The minimum atomic E-state index is -0.961. The van der Waals surface area contributed by atoms with Crippen LogP contribution in [0.3, 0.4) is 0 Å². The van der Waals surface area contributed by atoms with Crippen molar-refractivity contribution in [1.82, 2.24) is 0 Å². The Morgan fingerprint density at radius 2 is 1.94 bits per heavy atom. The fourth-order valence-electron chi connectivity index (χ4n) is 2.42. The summed E-state index contributed by atoms with van der Waals surface area (Å²) in [6.07, 6.45) is 4.68. The predicted molar refractivity (Wildman–Crippen MR) is 74.0 cm³/mol. The average molecular weight is 264 g/mol. The summed E-state index contributed by atoms with van der Waals surface area (Å²) in [5.41, 5.74) is 1.18. The molecule has 0 bridgehead atoms. The van der Waals surface area contributed by atoms with E-state index in [0.717, 1.165) is 37.0 Å². The van der Waals surface area contributed by atoms with Gasteiger partial charge in [-0.1, -0.05) is 24.1 Å². The molecule has 0 amide bonds. The van der Waals surface area contributed by atoms with E-state index in [4.69, 9.17) is 0 Å². The van der Waals surface area contributed by atoms with E-state index in [1.807, 2.05) is 31.2 Å². The number of benzene rings is 1. The van der Waals surface area contributed by atoms with Crippen molar-refractivity contribution in [2.24, 2.45) is 5.92 Å². The SMILES string of the molecule is Cc1ccc(S(=O)CCC2CCCCC2=O)cc1. The Bertz CT molecular complexity index is 436. The molecule has 0 N–H and O–H groups in total. The highest BCUT2D eigenvalue weighted by molar-refractivity contribution is 7.85. The standard InChI is InChI=1S/C15H20O2S/c1-12-6-8-14(9-7-12)18(17)11-10-13-4-2-3-5-15(13)16/h6-9,13H,2-5,10-11H2,1H3. The van der Waals surface area contributed by atoms with E-state index in [1.54, 1.807) is 0 Å². The molecule has 0 radical (unpaired) electrons. The third-order valence-electron chi connectivity index (χ3n) is 3.62. The summed E-state index contributed by atoms with van der Waals surface area (Å²) in [4.78, 5) is 12.6. The lowest BCUT2D eigenvalue weighted by molar-refractivity contribution is -0.124. The summed E-state index contributed by atoms with van der Waals surface area (Å²) in [5.74, 6) is 1.15. The maximum atomic E-state index is 12.1. The van der Waals surface area contributed by atoms with Crippen molar-refractivity contribution in [2.45, 2.75) is 43.9 Å². The Hall–Kier alpha value is -0.960. The van der Waals surface area contributed by atoms with E-state index in [1.165, 1.54) is 5.56 Å². The molecule has 2 nitrogen and oxygen atoms in total. The highest BCUT2D eigenvalue weighted by atomic mass is 32.2. The summed E-state index contributed by atoms with van der Waals surface area (Å²) in [7, 11) is -0.961. The molecular weight excluding hydrogens is 244 g/mol. The molecule has 0 saturated heterocycles. The normalized spacial score (nSPS) is 21.8. The fourth-order valence-corrected chi connectivity index (χ4v) is 3.59. The largest absolute Gasteiger partial charge is 0.299 e. The maximum Gasteiger partial charge on any atom is 0.136 e. The van der Waals surface area contributed by atoms with Gasteiger partial charge in [-0.25, -0.2) is 0 Å². The highest BCUT2D eigenvalue weighted by Crippen LogP contribution is 2.24. The molecule has 1 saturated carbocycles. The molecule has 0 aromatic heterocycles. The van der Waals surface area contributed by atoms with Gasteiger partial charge in [-0.05, 0) is 38.3 Å². The monoisotopic (exact) mass is 264 g/mol. The zero-order chi connectivity index (χ0) is 13.0. The minimum absolute atomic E-state index is 0.160. The van der Waals surface area contributed by atoms with Gasteiger partial charge in [0.05, 0.1) is 10.8 Å². The Labute approximate surface area is 111 Å². The second-order valence-electron chi connectivity index (χ2n) is 5.06. The molecule has 3 heteroatoms. The zero-order valence-electron chi connectivity index (χ0n) is 10.9. The number of rotatable bonds is 4. The molecule has 0 spiro atoms. The first-order valence-corrected chi connectivity index (χ1v) is 7.96. The molecule has 0 heterocycles. The molecule has 1 aromatic rings. The van der Waals surface area contributed by atoms with Crippen LogP contribution in [0.4, 0.5) is 0 Å². The molecule has 18 heavy (non-hydrogen) atoms. The van der Waals surface area contributed by atoms with Crippen LogP contribution >= 0.6 is 0 Å². The third-order valence-corrected chi connectivity index (χ3v) is 5.02. The van der Waals surface area contributed by atoms with Crippen molar-refractivity contribution in [3.05, 3.63) is 29.8 Å². The fraction of sp³-hybridized carbons (Fsp3) is 0.533. The number of carbonyl (C=O) groups is 1. The first-order chi connectivity index (χ1) is 8.66. The van der Waals surface area contributed by atoms with Crippen LogP contribution in [0, 0.1) is 12.8 Å². The van der Waals surface area contributed by atoms with E-state index in [2.05, 4.69) is 0 Å². The van der Waals surface area contributed by atoms with Crippen LogP contribution in [0.5, 0.6) is 0 Å². The molecular formula is C15H20O2S. The lowest BCUT2D eigenvalue weighted by atomic mass is 9.86. The maximum absolute atomic E-state index is 12.1. The summed E-state index contributed by atoms with van der Waals surface area (Å²) < 4.78 is 12.1. The molecule has 98 valence electrons. The van der Waals surface area contributed by atoms with Crippen molar-refractivity contribution in [1.29, 1.82) is 0 Å². The van der Waals surface area contributed by atoms with Crippen molar-refractivity contribution < 1.29 is 9.00 Å². The molecule has 1 aliphatic carbocycles. The summed E-state index contributed by atoms with van der Waals surface area (Å²) >= 11 is 0. The Morgan fingerprint density at radius 1 is 1.22 bits per heavy atom. The third kappa shape index (κ3) is 3.52. The highest BCUT2D eigenvalue weighted by Gasteiger charge is 2.22. The van der Waals surface area contributed by atoms with Crippen LogP contribution in [0.1, 0.15) is 37.7 Å². The predicted octanol–water partition coefficient (Wildman–Crippen LogP) is 3.25. The van der Waals surface area contributed by atoms with Gasteiger partial charge >= 0.3 is 0 Å². The molecule has 2 unspecified atom stereocenters. The van der Waals surface area contributed by atoms with Gasteiger partial charge in [0.1, 0.15) is 5.78 Å². The first-order valence-electron chi connectivity index (χ1n) is 6.64. The lowest BCUT2D eigenvalue weighted by Gasteiger charge is -2.19. The Balaban J connectivity index is 1.88. The number of hydrogen-bond acceptors (Lipinski definition) is 2. The van der Waals surface area contributed by atoms with Gasteiger partial charge in [-0.15, -0.1) is 0 Å². The van der Waals surface area contributed by atoms with E-state index < -0.39 is 10.8 Å². The molecule has 2 rings (SSSR count). The molecule has 0 aliphatic heterocycles. The van der Waals surface area contributed by atoms with Crippen LogP contribution in [-0.2, 0) is 15.6 Å². The molecule has 1 fully saturated rings. The van der Waals surface area contributed by atoms with Crippen LogP contribution in [-0.4, -0.2) is 15.7 Å². The van der Waals surface area contributed by atoms with Gasteiger partial charge in [-0.2, -0.15) is 0 Å². The van der Waals surface area contributed by atoms with Crippen LogP contribution in [0.15, 0.2) is 29.2 Å². The van der Waals surface area contributed by atoms with Crippen molar-refractivity contribution >= 4 is 16.6 Å². The van der Waals surface area contributed by atoms with Crippen molar-refractivity contribution in [2.75, 3.05) is 5.75 Å². The number of ketones is 1. The van der Waals surface area contributed by atoms with Crippen LogP contribution < -0.4 is 0 Å². The topological polar surface area (TPSA) is 34.1 Å². The van der Waals surface area contributed by atoms with Crippen LogP contribution in [0.25, 0.3) is 0 Å². The van der Waals surface area contributed by atoms with Gasteiger partial charge in [-0.3, -0.25) is 9.00 Å². The molecule has 2 atom stereocenters. The quantitative estimate of drug-likeness (QED) is 0.836. The summed E-state index contributed by atoms with van der Waals surface area (Å²) in [6, 6.07) is 7.82. The lowest BCUT2D eigenvalue weighted by Crippen LogP contribution is -2.20. The van der Waals surface area contributed by atoms with Gasteiger partial charge in [0.2, 0.25) is 0 Å². The van der Waals surface area contributed by atoms with Gasteiger partial charge < -0.3 is 0 Å². The first kappa shape index (κ1) is 13.5. The Morgan fingerprint density at radius 3 is 2.61 bits per heavy atom. The summed E-state index contributed by atoms with van der Waals surface area (Å²) in [5, 5.41) is 0. The second kappa shape index (κ2) is 6.28. The van der Waals surface area contributed by atoms with E-state index in [0.29, 0.717) is 11.5 Å². The smallest absolute Gasteiger partial charge is 0.136 e. The van der Waals surface area contributed by atoms with Crippen molar-refractivity contribution in [3.63, 3.8) is 0 Å². The zero-order valence-corrected chi connectivity index (χ0v) is 11.7. The Kier molecular flexibility index (Phi) is 4.70. The number of Topliss-reactive ketones (excluding diaryl/α,β-unsaturated/α-hetero) is 1. The number of carbonyl (C=O) groups excluding carboxylic acids is 1. The van der Waals surface area contributed by atoms with Gasteiger partial charge in [0.25, 0.3) is 0 Å². The number of hydrogen-bond donors (Lipinski definition) is 0. The van der Waals surface area contributed by atoms with Gasteiger partial charge in [0.15, 0.2) is 0 Å². The second-order valence-corrected chi connectivity index (χ2v) is 6.63. The van der Waals surface area contributed by atoms with E-state index >= 15 is 0 Å². The number of aryl methyl sites for hydroxylation is 1. The molecule has 1 aromatic carbocycles. The van der Waals surface area contributed by atoms with Crippen molar-refractivity contribution in [3.8, 4) is 0 Å².